The van der Waals surface area contributed by atoms with Crippen LogP contribution in [0.3, 0.4) is 0 Å². The number of carbonyl (C=O) groups is 1. The first-order valence-corrected chi connectivity index (χ1v) is 6.17. The van der Waals surface area contributed by atoms with Crippen LogP contribution < -0.4 is 0 Å². The van der Waals surface area contributed by atoms with Crippen molar-refractivity contribution in [1.82, 2.24) is 15.0 Å². The van der Waals surface area contributed by atoms with Gasteiger partial charge in [0.15, 0.2) is 5.82 Å². The Kier molecular flexibility index (Phi) is 3.45. The zero-order valence-electron chi connectivity index (χ0n) is 10.6. The summed E-state index contributed by atoms with van der Waals surface area (Å²) in [5, 5.41) is 3.93. The molecule has 1 aromatic heterocycles. The Hall–Kier alpha value is -1.39. The maximum Gasteiger partial charge on any atom is 0.223 e. The molecule has 1 amide bonds. The monoisotopic (exact) mass is 237 g/mol. The van der Waals surface area contributed by atoms with E-state index in [-0.39, 0.29) is 11.9 Å². The fraction of sp³-hybridized carbons (Fsp3) is 0.750. The molecule has 0 N–H and O–H groups in total. The lowest BCUT2D eigenvalue weighted by molar-refractivity contribution is -0.133. The highest BCUT2D eigenvalue weighted by Gasteiger charge is 2.32. The van der Waals surface area contributed by atoms with Gasteiger partial charge in [-0.15, -0.1) is 0 Å². The molecule has 0 spiro atoms. The fourth-order valence-corrected chi connectivity index (χ4v) is 2.25. The number of hydrogen-bond donors (Lipinski definition) is 0. The molecule has 94 valence electrons. The SMILES string of the molecule is Cc1nc([C@H]2CCCN2C(=O)CC(C)C)no1. The van der Waals surface area contributed by atoms with Gasteiger partial charge in [-0.25, -0.2) is 0 Å². The molecule has 1 saturated heterocycles. The Balaban J connectivity index is 2.09. The second-order valence-corrected chi connectivity index (χ2v) is 5.01. The summed E-state index contributed by atoms with van der Waals surface area (Å²) in [5.74, 6) is 1.79. The van der Waals surface area contributed by atoms with Crippen LogP contribution in [0.25, 0.3) is 0 Å². The normalized spacial score (nSPS) is 20.2. The predicted octanol–water partition coefficient (Wildman–Crippen LogP) is 2.09. The van der Waals surface area contributed by atoms with E-state index in [1.165, 1.54) is 0 Å². The molecule has 17 heavy (non-hydrogen) atoms. The van der Waals surface area contributed by atoms with E-state index in [9.17, 15) is 4.79 Å². The lowest BCUT2D eigenvalue weighted by atomic mass is 10.1. The van der Waals surface area contributed by atoms with Gasteiger partial charge < -0.3 is 9.42 Å². The minimum Gasteiger partial charge on any atom is -0.340 e. The van der Waals surface area contributed by atoms with Crippen molar-refractivity contribution in [2.45, 2.75) is 46.1 Å². The molecule has 0 aromatic carbocycles. The summed E-state index contributed by atoms with van der Waals surface area (Å²) < 4.78 is 4.99. The highest BCUT2D eigenvalue weighted by Crippen LogP contribution is 2.31. The summed E-state index contributed by atoms with van der Waals surface area (Å²) >= 11 is 0. The van der Waals surface area contributed by atoms with Crippen LogP contribution in [0, 0.1) is 12.8 Å². The molecule has 5 nitrogen and oxygen atoms in total. The summed E-state index contributed by atoms with van der Waals surface area (Å²) in [6, 6.07) is 0.0127. The maximum absolute atomic E-state index is 12.1. The van der Waals surface area contributed by atoms with Crippen molar-refractivity contribution in [3.63, 3.8) is 0 Å². The standard InChI is InChI=1S/C12H19N3O2/c1-8(2)7-11(16)15-6-4-5-10(15)12-13-9(3)17-14-12/h8,10H,4-7H2,1-3H3/t10-/m1/s1. The van der Waals surface area contributed by atoms with Crippen LogP contribution in [0.1, 0.15) is 50.9 Å². The summed E-state index contributed by atoms with van der Waals surface area (Å²) in [5.41, 5.74) is 0. The van der Waals surface area contributed by atoms with Crippen molar-refractivity contribution >= 4 is 5.91 Å². The number of nitrogens with zero attached hydrogens (tertiary/aromatic N) is 3. The van der Waals surface area contributed by atoms with E-state index in [4.69, 9.17) is 4.52 Å². The first kappa shape index (κ1) is 12.1. The molecule has 2 heterocycles. The van der Waals surface area contributed by atoms with Gasteiger partial charge >= 0.3 is 0 Å². The number of aromatic nitrogens is 2. The molecule has 2 rings (SSSR count). The summed E-state index contributed by atoms with van der Waals surface area (Å²) in [6.45, 7) is 6.69. The first-order valence-electron chi connectivity index (χ1n) is 6.17. The van der Waals surface area contributed by atoms with Gasteiger partial charge in [-0.05, 0) is 18.8 Å². The van der Waals surface area contributed by atoms with E-state index in [0.717, 1.165) is 19.4 Å². The topological polar surface area (TPSA) is 59.2 Å². The molecular formula is C12H19N3O2. The summed E-state index contributed by atoms with van der Waals surface area (Å²) in [6.07, 6.45) is 2.54. The molecule has 0 radical (unpaired) electrons. The number of aryl methyl sites for hydroxylation is 1. The van der Waals surface area contributed by atoms with Crippen molar-refractivity contribution in [3.8, 4) is 0 Å². The van der Waals surface area contributed by atoms with Crippen LogP contribution in [0.15, 0.2) is 4.52 Å². The van der Waals surface area contributed by atoms with E-state index < -0.39 is 0 Å². The number of carbonyl (C=O) groups excluding carboxylic acids is 1. The molecule has 1 aromatic rings. The molecule has 0 unspecified atom stereocenters. The molecule has 5 heteroatoms. The summed E-state index contributed by atoms with van der Waals surface area (Å²) in [4.78, 5) is 18.2. The number of hydrogen-bond acceptors (Lipinski definition) is 4. The van der Waals surface area contributed by atoms with Gasteiger partial charge in [-0.3, -0.25) is 4.79 Å². The largest absolute Gasteiger partial charge is 0.340 e. The lowest BCUT2D eigenvalue weighted by Crippen LogP contribution is -2.31. The van der Waals surface area contributed by atoms with Gasteiger partial charge in [-0.1, -0.05) is 19.0 Å². The van der Waals surface area contributed by atoms with Gasteiger partial charge in [0.2, 0.25) is 11.8 Å². The highest BCUT2D eigenvalue weighted by molar-refractivity contribution is 5.77. The van der Waals surface area contributed by atoms with Gasteiger partial charge in [0.25, 0.3) is 0 Å². The molecule has 1 atom stereocenters. The van der Waals surface area contributed by atoms with Crippen molar-refractivity contribution in [2.75, 3.05) is 6.54 Å². The minimum absolute atomic E-state index is 0.0127. The number of amides is 1. The van der Waals surface area contributed by atoms with Gasteiger partial charge in [0, 0.05) is 19.9 Å². The number of likely N-dealkylation sites (tertiary alicyclic amines) is 1. The molecule has 1 aliphatic rings. The minimum atomic E-state index is 0.0127. The van der Waals surface area contributed by atoms with E-state index in [0.29, 0.717) is 24.1 Å². The van der Waals surface area contributed by atoms with Crippen LogP contribution in [0.2, 0.25) is 0 Å². The molecular weight excluding hydrogens is 218 g/mol. The molecule has 0 aliphatic carbocycles. The second kappa shape index (κ2) is 4.85. The van der Waals surface area contributed by atoms with Crippen LogP contribution in [-0.4, -0.2) is 27.5 Å². The van der Waals surface area contributed by atoms with Crippen molar-refractivity contribution in [1.29, 1.82) is 0 Å². The predicted molar refractivity (Wildman–Crippen MR) is 62.2 cm³/mol. The van der Waals surface area contributed by atoms with Crippen LogP contribution in [0.5, 0.6) is 0 Å². The van der Waals surface area contributed by atoms with Crippen LogP contribution in [-0.2, 0) is 4.79 Å². The van der Waals surface area contributed by atoms with E-state index in [2.05, 4.69) is 24.0 Å². The van der Waals surface area contributed by atoms with Crippen LogP contribution >= 0.6 is 0 Å². The Bertz CT molecular complexity index is 400. The third-order valence-corrected chi connectivity index (χ3v) is 3.00. The molecule has 1 aliphatic heterocycles. The highest BCUT2D eigenvalue weighted by atomic mass is 16.5. The van der Waals surface area contributed by atoms with E-state index in [1.807, 2.05) is 4.90 Å². The van der Waals surface area contributed by atoms with Gasteiger partial charge in [-0.2, -0.15) is 4.98 Å². The van der Waals surface area contributed by atoms with E-state index >= 15 is 0 Å². The fourth-order valence-electron chi connectivity index (χ4n) is 2.25. The molecule has 0 saturated carbocycles. The third-order valence-electron chi connectivity index (χ3n) is 3.00. The Morgan fingerprint density at radius 1 is 1.59 bits per heavy atom. The zero-order chi connectivity index (χ0) is 12.4. The Morgan fingerprint density at radius 3 is 2.94 bits per heavy atom. The van der Waals surface area contributed by atoms with Crippen LogP contribution in [0.4, 0.5) is 0 Å². The van der Waals surface area contributed by atoms with E-state index in [1.54, 1.807) is 6.92 Å². The maximum atomic E-state index is 12.1. The van der Waals surface area contributed by atoms with Gasteiger partial charge in [0.1, 0.15) is 0 Å². The molecule has 1 fully saturated rings. The van der Waals surface area contributed by atoms with Crippen molar-refractivity contribution in [2.24, 2.45) is 5.92 Å². The van der Waals surface area contributed by atoms with Crippen molar-refractivity contribution in [3.05, 3.63) is 11.7 Å². The summed E-state index contributed by atoms with van der Waals surface area (Å²) in [7, 11) is 0. The average Bonchev–Trinajstić information content (AvgIpc) is 2.83. The lowest BCUT2D eigenvalue weighted by Gasteiger charge is -2.23. The second-order valence-electron chi connectivity index (χ2n) is 5.01. The molecule has 0 bridgehead atoms. The third kappa shape index (κ3) is 2.65. The number of rotatable bonds is 3. The smallest absolute Gasteiger partial charge is 0.223 e. The average molecular weight is 237 g/mol. The Labute approximate surface area is 101 Å². The first-order chi connectivity index (χ1) is 8.08. The van der Waals surface area contributed by atoms with Gasteiger partial charge in [0.05, 0.1) is 6.04 Å². The van der Waals surface area contributed by atoms with Crippen molar-refractivity contribution < 1.29 is 9.32 Å². The Morgan fingerprint density at radius 2 is 2.35 bits per heavy atom. The quantitative estimate of drug-likeness (QED) is 0.807. The zero-order valence-corrected chi connectivity index (χ0v) is 10.6.